The highest BCUT2D eigenvalue weighted by molar-refractivity contribution is 5.89. The van der Waals surface area contributed by atoms with Crippen LogP contribution in [0.5, 0.6) is 0 Å². The van der Waals surface area contributed by atoms with Crippen LogP contribution in [0.3, 0.4) is 0 Å². The molecule has 0 aliphatic carbocycles. The summed E-state index contributed by atoms with van der Waals surface area (Å²) in [4.78, 5) is 45.1. The van der Waals surface area contributed by atoms with Gasteiger partial charge in [0, 0.05) is 50.2 Å². The lowest BCUT2D eigenvalue weighted by atomic mass is 10.1. The first kappa shape index (κ1) is 28.2. The second-order valence-electron chi connectivity index (χ2n) is 10.9. The minimum absolute atomic E-state index is 0.00399. The summed E-state index contributed by atoms with van der Waals surface area (Å²) in [5, 5.41) is 8.68. The van der Waals surface area contributed by atoms with Crippen molar-refractivity contribution in [1.29, 1.82) is 0 Å². The Morgan fingerprint density at radius 2 is 1.72 bits per heavy atom. The molecule has 2 fully saturated rings. The van der Waals surface area contributed by atoms with Crippen molar-refractivity contribution < 1.29 is 23.9 Å². The van der Waals surface area contributed by atoms with Crippen LogP contribution in [-0.2, 0) is 20.9 Å². The van der Waals surface area contributed by atoms with Gasteiger partial charge in [0.15, 0.2) is 0 Å². The van der Waals surface area contributed by atoms with E-state index in [9.17, 15) is 14.4 Å². The number of carbonyl (C=O) groups is 3. The largest absolute Gasteiger partial charge is 0.460 e. The van der Waals surface area contributed by atoms with Gasteiger partial charge in [-0.15, -0.1) is 0 Å². The van der Waals surface area contributed by atoms with Gasteiger partial charge in [0.2, 0.25) is 0 Å². The number of benzene rings is 1. The topological polar surface area (TPSA) is 125 Å². The van der Waals surface area contributed by atoms with Crippen LogP contribution in [0.4, 0.5) is 21.1 Å². The average molecular weight is 539 g/mol. The second-order valence-corrected chi connectivity index (χ2v) is 10.9. The average Bonchev–Trinajstić information content (AvgIpc) is 2.85. The third kappa shape index (κ3) is 9.13. The number of piperidine rings is 1. The van der Waals surface area contributed by atoms with Gasteiger partial charge in [-0.05, 0) is 45.2 Å². The number of anilines is 2. The van der Waals surface area contributed by atoms with Gasteiger partial charge in [0.05, 0.1) is 12.6 Å². The SMILES string of the molecule is CC(C)(C)OC(=O)NC1CN(c2ccnc(NC(=O)NC3CCN(CC(=O)OCc4ccccc4)CC3)c2)C1. The molecule has 0 unspecified atom stereocenters. The number of urea groups is 1. The van der Waals surface area contributed by atoms with Crippen molar-refractivity contribution in [3.05, 3.63) is 54.2 Å². The van der Waals surface area contributed by atoms with Crippen LogP contribution in [0.2, 0.25) is 0 Å². The van der Waals surface area contributed by atoms with E-state index < -0.39 is 11.7 Å². The highest BCUT2D eigenvalue weighted by Crippen LogP contribution is 2.23. The lowest BCUT2D eigenvalue weighted by Gasteiger charge is -2.41. The monoisotopic (exact) mass is 538 g/mol. The summed E-state index contributed by atoms with van der Waals surface area (Å²) < 4.78 is 10.7. The molecule has 1 aromatic carbocycles. The second kappa shape index (κ2) is 12.8. The van der Waals surface area contributed by atoms with E-state index in [1.807, 2.05) is 68.1 Å². The highest BCUT2D eigenvalue weighted by Gasteiger charge is 2.30. The van der Waals surface area contributed by atoms with Gasteiger partial charge in [-0.2, -0.15) is 0 Å². The fraction of sp³-hybridized carbons (Fsp3) is 0.500. The van der Waals surface area contributed by atoms with Crippen LogP contribution in [-0.4, -0.2) is 78.4 Å². The molecule has 2 aromatic rings. The van der Waals surface area contributed by atoms with Crippen LogP contribution < -0.4 is 20.9 Å². The zero-order valence-corrected chi connectivity index (χ0v) is 22.8. The Morgan fingerprint density at radius 3 is 2.41 bits per heavy atom. The third-order valence-corrected chi connectivity index (χ3v) is 6.47. The van der Waals surface area contributed by atoms with Crippen molar-refractivity contribution in [2.24, 2.45) is 0 Å². The number of ether oxygens (including phenoxy) is 2. The molecule has 0 radical (unpaired) electrons. The maximum atomic E-state index is 12.6. The van der Waals surface area contributed by atoms with E-state index in [0.29, 0.717) is 32.0 Å². The standard InChI is InChI=1S/C28H38N6O5/c1-28(2,3)39-27(37)31-22-16-34(17-22)23-9-12-29-24(15-23)32-26(36)30-21-10-13-33(14-11-21)18-25(35)38-19-20-7-5-4-6-8-20/h4-9,12,15,21-22H,10-11,13-14,16-19H2,1-3H3,(H,31,37)(H2,29,30,32,36). The summed E-state index contributed by atoms with van der Waals surface area (Å²) in [6, 6.07) is 13.0. The van der Waals surface area contributed by atoms with Crippen molar-refractivity contribution in [3.8, 4) is 0 Å². The van der Waals surface area contributed by atoms with E-state index in [1.165, 1.54) is 0 Å². The van der Waals surface area contributed by atoms with Gasteiger partial charge >= 0.3 is 18.1 Å². The molecule has 2 saturated heterocycles. The van der Waals surface area contributed by atoms with Crippen molar-refractivity contribution >= 4 is 29.6 Å². The van der Waals surface area contributed by atoms with Crippen LogP contribution in [0.1, 0.15) is 39.2 Å². The lowest BCUT2D eigenvalue weighted by Crippen LogP contribution is -2.60. The van der Waals surface area contributed by atoms with Gasteiger partial charge in [-0.25, -0.2) is 14.6 Å². The lowest BCUT2D eigenvalue weighted by molar-refractivity contribution is -0.146. The molecule has 2 aliphatic rings. The number of amides is 3. The summed E-state index contributed by atoms with van der Waals surface area (Å²) in [5.74, 6) is 0.204. The number of carbonyl (C=O) groups excluding carboxylic acids is 3. The maximum absolute atomic E-state index is 12.6. The Labute approximate surface area is 229 Å². The minimum atomic E-state index is -0.534. The van der Waals surface area contributed by atoms with Gasteiger partial charge in [-0.1, -0.05) is 30.3 Å². The quantitative estimate of drug-likeness (QED) is 0.438. The highest BCUT2D eigenvalue weighted by atomic mass is 16.6. The fourth-order valence-electron chi connectivity index (χ4n) is 4.48. The predicted octanol–water partition coefficient (Wildman–Crippen LogP) is 3.12. The van der Waals surface area contributed by atoms with E-state index >= 15 is 0 Å². The van der Waals surface area contributed by atoms with Crippen molar-refractivity contribution in [1.82, 2.24) is 20.5 Å². The number of pyridine rings is 1. The zero-order chi connectivity index (χ0) is 27.8. The van der Waals surface area contributed by atoms with Crippen molar-refractivity contribution in [2.45, 2.75) is 57.9 Å². The smallest absolute Gasteiger partial charge is 0.407 e. The van der Waals surface area contributed by atoms with E-state index in [1.54, 1.807) is 6.20 Å². The van der Waals surface area contributed by atoms with Gasteiger partial charge < -0.3 is 25.0 Å². The summed E-state index contributed by atoms with van der Waals surface area (Å²) in [7, 11) is 0. The van der Waals surface area contributed by atoms with Crippen molar-refractivity contribution in [2.75, 3.05) is 42.9 Å². The number of likely N-dealkylation sites (tertiary alicyclic amines) is 1. The molecule has 210 valence electrons. The Morgan fingerprint density at radius 1 is 1.00 bits per heavy atom. The molecular formula is C28H38N6O5. The van der Waals surface area contributed by atoms with E-state index in [4.69, 9.17) is 9.47 Å². The van der Waals surface area contributed by atoms with E-state index in [-0.39, 0.29) is 37.2 Å². The normalized spacial score (nSPS) is 16.6. The van der Waals surface area contributed by atoms with Crippen LogP contribution in [0, 0.1) is 0 Å². The minimum Gasteiger partial charge on any atom is -0.460 e. The molecule has 11 nitrogen and oxygen atoms in total. The fourth-order valence-corrected chi connectivity index (χ4v) is 4.48. The van der Waals surface area contributed by atoms with Crippen LogP contribution >= 0.6 is 0 Å². The number of alkyl carbamates (subject to hydrolysis) is 1. The number of hydrogen-bond donors (Lipinski definition) is 3. The first-order valence-corrected chi connectivity index (χ1v) is 13.3. The Hall–Kier alpha value is -3.86. The van der Waals surface area contributed by atoms with E-state index in [0.717, 1.165) is 24.1 Å². The predicted molar refractivity (Wildman–Crippen MR) is 147 cm³/mol. The summed E-state index contributed by atoms with van der Waals surface area (Å²) in [6.07, 6.45) is 2.71. The van der Waals surface area contributed by atoms with Crippen molar-refractivity contribution in [3.63, 3.8) is 0 Å². The first-order valence-electron chi connectivity index (χ1n) is 13.3. The van der Waals surface area contributed by atoms with Crippen LogP contribution in [0.25, 0.3) is 0 Å². The summed E-state index contributed by atoms with van der Waals surface area (Å²) >= 11 is 0. The maximum Gasteiger partial charge on any atom is 0.407 e. The molecular weight excluding hydrogens is 500 g/mol. The Balaban J connectivity index is 1.13. The molecule has 2 aliphatic heterocycles. The van der Waals surface area contributed by atoms with Crippen LogP contribution in [0.15, 0.2) is 48.7 Å². The Kier molecular flexibility index (Phi) is 9.23. The molecule has 39 heavy (non-hydrogen) atoms. The third-order valence-electron chi connectivity index (χ3n) is 6.47. The molecule has 0 spiro atoms. The summed E-state index contributed by atoms with van der Waals surface area (Å²) in [6.45, 7) is 8.70. The molecule has 3 amide bonds. The molecule has 1 aromatic heterocycles. The van der Waals surface area contributed by atoms with Gasteiger partial charge in [-0.3, -0.25) is 15.0 Å². The molecule has 0 atom stereocenters. The number of esters is 1. The molecule has 0 bridgehead atoms. The molecule has 3 N–H and O–H groups in total. The number of aromatic nitrogens is 1. The number of nitrogens with one attached hydrogen (secondary N) is 3. The van der Waals surface area contributed by atoms with E-state index in [2.05, 4.69) is 25.8 Å². The molecule has 3 heterocycles. The number of hydrogen-bond acceptors (Lipinski definition) is 8. The zero-order valence-electron chi connectivity index (χ0n) is 22.8. The Bertz CT molecular complexity index is 1120. The van der Waals surface area contributed by atoms with Gasteiger partial charge in [0.25, 0.3) is 0 Å². The van der Waals surface area contributed by atoms with Gasteiger partial charge in [0.1, 0.15) is 18.0 Å². The molecule has 11 heteroatoms. The molecule has 0 saturated carbocycles. The first-order chi connectivity index (χ1) is 18.6. The summed E-state index contributed by atoms with van der Waals surface area (Å²) in [5.41, 5.74) is 1.34. The number of nitrogens with zero attached hydrogens (tertiary/aromatic N) is 3. The molecule has 4 rings (SSSR count). The number of rotatable bonds is 8.